The van der Waals surface area contributed by atoms with Gasteiger partial charge >= 0.3 is 0 Å². The number of rotatable bonds is 6. The second kappa shape index (κ2) is 6.78. The number of nitro groups is 1. The molecule has 0 amide bonds. The van der Waals surface area contributed by atoms with Crippen LogP contribution in [-0.4, -0.2) is 46.6 Å². The summed E-state index contributed by atoms with van der Waals surface area (Å²) < 4.78 is 0. The fourth-order valence-electron chi connectivity index (χ4n) is 1.43. The normalized spacial score (nSPS) is 11.4. The Morgan fingerprint density at radius 3 is 2.95 bits per heavy atom. The Hall–Kier alpha value is -2.03. The number of hydrogen-bond acceptors (Lipinski definition) is 7. The lowest BCUT2D eigenvalue weighted by atomic mass is 10.2. The van der Waals surface area contributed by atoms with Crippen molar-refractivity contribution in [3.8, 4) is 0 Å². The molecule has 0 spiro atoms. The summed E-state index contributed by atoms with van der Waals surface area (Å²) in [5.74, 6) is 1.10. The molecular formula is C10H15N5O3S. The molecule has 0 atom stereocenters. The van der Waals surface area contributed by atoms with Gasteiger partial charge in [-0.25, -0.2) is 4.98 Å². The van der Waals surface area contributed by atoms with Gasteiger partial charge in [0.05, 0.1) is 10.5 Å². The molecule has 0 aliphatic rings. The van der Waals surface area contributed by atoms with Crippen LogP contribution in [0.2, 0.25) is 0 Å². The van der Waals surface area contributed by atoms with Crippen LogP contribution in [0.3, 0.4) is 0 Å². The lowest BCUT2D eigenvalue weighted by Gasteiger charge is -2.19. The monoisotopic (exact) mass is 285 g/mol. The second-order valence-electron chi connectivity index (χ2n) is 3.72. The van der Waals surface area contributed by atoms with E-state index in [1.54, 1.807) is 23.7 Å². The number of thioether (sulfide) groups is 1. The first-order chi connectivity index (χ1) is 9.01. The van der Waals surface area contributed by atoms with Gasteiger partial charge in [-0.1, -0.05) is 5.16 Å². The minimum atomic E-state index is -0.577. The number of nitrogens with two attached hydrogens (primary N) is 1. The predicted molar refractivity (Wildman–Crippen MR) is 75.1 cm³/mol. The van der Waals surface area contributed by atoms with E-state index >= 15 is 0 Å². The molecular weight excluding hydrogens is 270 g/mol. The zero-order valence-corrected chi connectivity index (χ0v) is 11.4. The van der Waals surface area contributed by atoms with Crippen LogP contribution in [0.4, 0.5) is 11.5 Å². The molecule has 1 aromatic rings. The predicted octanol–water partition coefficient (Wildman–Crippen LogP) is 0.883. The largest absolute Gasteiger partial charge is 0.409 e. The minimum Gasteiger partial charge on any atom is -0.409 e. The molecule has 0 aliphatic heterocycles. The van der Waals surface area contributed by atoms with Crippen molar-refractivity contribution in [2.75, 3.05) is 30.5 Å². The fraction of sp³-hybridized carbons (Fsp3) is 0.400. The van der Waals surface area contributed by atoms with E-state index in [9.17, 15) is 10.1 Å². The van der Waals surface area contributed by atoms with Crippen LogP contribution in [0.25, 0.3) is 0 Å². The van der Waals surface area contributed by atoms with Crippen LogP contribution in [-0.2, 0) is 0 Å². The Morgan fingerprint density at radius 2 is 2.42 bits per heavy atom. The Labute approximate surface area is 114 Å². The summed E-state index contributed by atoms with van der Waals surface area (Å²) in [5.41, 5.74) is 5.57. The maximum Gasteiger partial charge on any atom is 0.288 e. The van der Waals surface area contributed by atoms with Crippen LogP contribution in [0.5, 0.6) is 0 Å². The molecule has 104 valence electrons. The lowest BCUT2D eigenvalue weighted by molar-refractivity contribution is -0.385. The minimum absolute atomic E-state index is 0.205. The summed E-state index contributed by atoms with van der Waals surface area (Å²) in [6.45, 7) is 0.692. The van der Waals surface area contributed by atoms with Crippen molar-refractivity contribution >= 4 is 29.1 Å². The highest BCUT2D eigenvalue weighted by Gasteiger charge is 2.17. The molecule has 3 N–H and O–H groups in total. The molecule has 1 heterocycles. The standard InChI is InChI=1S/C10H15N5O3S/c1-14(3-4-19-2)10-8(9(11)13-16)5-7(6-12-10)15(17)18/h5-6,16H,3-4H2,1-2H3,(H2,11,13). The Kier molecular flexibility index (Phi) is 5.37. The number of hydrogen-bond donors (Lipinski definition) is 2. The van der Waals surface area contributed by atoms with Crippen molar-refractivity contribution in [2.24, 2.45) is 10.9 Å². The molecule has 0 saturated heterocycles. The van der Waals surface area contributed by atoms with Crippen LogP contribution < -0.4 is 10.6 Å². The van der Waals surface area contributed by atoms with E-state index in [4.69, 9.17) is 10.9 Å². The zero-order chi connectivity index (χ0) is 14.4. The quantitative estimate of drug-likeness (QED) is 0.262. The summed E-state index contributed by atoms with van der Waals surface area (Å²) in [4.78, 5) is 16.0. The Bertz CT molecular complexity index is 494. The van der Waals surface area contributed by atoms with Gasteiger partial charge in [-0.2, -0.15) is 11.8 Å². The van der Waals surface area contributed by atoms with Crippen LogP contribution >= 0.6 is 11.8 Å². The van der Waals surface area contributed by atoms with Crippen molar-refractivity contribution in [1.82, 2.24) is 4.98 Å². The molecule has 0 saturated carbocycles. The first-order valence-corrected chi connectivity index (χ1v) is 6.73. The topological polar surface area (TPSA) is 118 Å². The average Bonchev–Trinajstić information content (AvgIpc) is 2.43. The number of nitrogens with zero attached hydrogens (tertiary/aromatic N) is 4. The maximum absolute atomic E-state index is 10.7. The molecule has 1 rings (SSSR count). The maximum atomic E-state index is 10.7. The van der Waals surface area contributed by atoms with E-state index in [0.717, 1.165) is 11.9 Å². The number of oxime groups is 1. The third kappa shape index (κ3) is 3.71. The number of pyridine rings is 1. The van der Waals surface area contributed by atoms with E-state index in [1.165, 1.54) is 6.07 Å². The summed E-state index contributed by atoms with van der Waals surface area (Å²) in [5, 5.41) is 22.3. The van der Waals surface area contributed by atoms with E-state index in [0.29, 0.717) is 12.4 Å². The molecule has 0 fully saturated rings. The molecule has 19 heavy (non-hydrogen) atoms. The fourth-order valence-corrected chi connectivity index (χ4v) is 1.88. The van der Waals surface area contributed by atoms with E-state index in [2.05, 4.69) is 10.1 Å². The number of anilines is 1. The molecule has 0 aromatic carbocycles. The van der Waals surface area contributed by atoms with Crippen molar-refractivity contribution < 1.29 is 10.1 Å². The molecule has 0 radical (unpaired) electrons. The Balaban J connectivity index is 3.19. The number of amidine groups is 1. The molecule has 1 aromatic heterocycles. The second-order valence-corrected chi connectivity index (χ2v) is 4.71. The summed E-state index contributed by atoms with van der Waals surface area (Å²) in [7, 11) is 1.79. The van der Waals surface area contributed by atoms with Gasteiger partial charge in [0.1, 0.15) is 12.0 Å². The van der Waals surface area contributed by atoms with Crippen molar-refractivity contribution in [3.05, 3.63) is 27.9 Å². The highest BCUT2D eigenvalue weighted by atomic mass is 32.2. The third-order valence-electron chi connectivity index (χ3n) is 2.44. The van der Waals surface area contributed by atoms with Crippen molar-refractivity contribution in [3.63, 3.8) is 0 Å². The molecule has 0 aliphatic carbocycles. The van der Waals surface area contributed by atoms with Gasteiger partial charge in [0.15, 0.2) is 5.84 Å². The lowest BCUT2D eigenvalue weighted by Crippen LogP contribution is -2.26. The van der Waals surface area contributed by atoms with Crippen LogP contribution in [0, 0.1) is 10.1 Å². The summed E-state index contributed by atoms with van der Waals surface area (Å²) in [6, 6.07) is 1.24. The van der Waals surface area contributed by atoms with Crippen molar-refractivity contribution in [1.29, 1.82) is 0 Å². The van der Waals surface area contributed by atoms with Gasteiger partial charge in [-0.3, -0.25) is 10.1 Å². The van der Waals surface area contributed by atoms with Crippen molar-refractivity contribution in [2.45, 2.75) is 0 Å². The first kappa shape index (κ1) is 15.0. The highest BCUT2D eigenvalue weighted by molar-refractivity contribution is 7.98. The molecule has 8 nitrogen and oxygen atoms in total. The number of aromatic nitrogens is 1. The smallest absolute Gasteiger partial charge is 0.288 e. The molecule has 9 heteroatoms. The van der Waals surface area contributed by atoms with E-state index < -0.39 is 4.92 Å². The van der Waals surface area contributed by atoms with Crippen LogP contribution in [0.1, 0.15) is 5.56 Å². The van der Waals surface area contributed by atoms with E-state index in [-0.39, 0.29) is 17.1 Å². The zero-order valence-electron chi connectivity index (χ0n) is 10.6. The summed E-state index contributed by atoms with van der Waals surface area (Å²) in [6.07, 6.45) is 3.13. The third-order valence-corrected chi connectivity index (χ3v) is 3.03. The summed E-state index contributed by atoms with van der Waals surface area (Å²) >= 11 is 1.66. The van der Waals surface area contributed by atoms with E-state index in [1.807, 2.05) is 6.26 Å². The van der Waals surface area contributed by atoms with Gasteiger partial charge in [0, 0.05) is 25.4 Å². The first-order valence-electron chi connectivity index (χ1n) is 5.33. The highest BCUT2D eigenvalue weighted by Crippen LogP contribution is 2.21. The van der Waals surface area contributed by atoms with Gasteiger partial charge in [0.25, 0.3) is 5.69 Å². The van der Waals surface area contributed by atoms with Crippen LogP contribution in [0.15, 0.2) is 17.4 Å². The molecule has 0 bridgehead atoms. The Morgan fingerprint density at radius 1 is 1.74 bits per heavy atom. The average molecular weight is 285 g/mol. The van der Waals surface area contributed by atoms with Gasteiger partial charge in [-0.15, -0.1) is 0 Å². The SMILES string of the molecule is CSCCN(C)c1ncc([N+](=O)[O-])cc1C(N)=NO. The van der Waals surface area contributed by atoms with Gasteiger partial charge in [-0.05, 0) is 6.26 Å². The molecule has 0 unspecified atom stereocenters. The van der Waals surface area contributed by atoms with Gasteiger partial charge in [0.2, 0.25) is 0 Å². The van der Waals surface area contributed by atoms with Gasteiger partial charge < -0.3 is 15.8 Å².